The summed E-state index contributed by atoms with van der Waals surface area (Å²) in [7, 11) is 0. The van der Waals surface area contributed by atoms with Gasteiger partial charge in [0.25, 0.3) is 0 Å². The van der Waals surface area contributed by atoms with Gasteiger partial charge in [-0.1, -0.05) is 0 Å². The molecule has 0 aromatic heterocycles. The minimum Gasteiger partial charge on any atom is -0.397 e. The van der Waals surface area contributed by atoms with Gasteiger partial charge in [0.15, 0.2) is 0 Å². The first kappa shape index (κ1) is 10.4. The highest BCUT2D eigenvalue weighted by atomic mass is 16.3. The van der Waals surface area contributed by atoms with Crippen molar-refractivity contribution in [1.29, 1.82) is 5.26 Å². The Balaban J connectivity index is 2.80. The van der Waals surface area contributed by atoms with Crippen LogP contribution in [-0.2, 0) is 0 Å². The lowest BCUT2D eigenvalue weighted by molar-refractivity contribution is 0.208. The first-order valence-electron chi connectivity index (χ1n) is 4.35. The van der Waals surface area contributed by atoms with Crippen molar-refractivity contribution in [2.24, 2.45) is 0 Å². The van der Waals surface area contributed by atoms with Crippen LogP contribution in [0, 0.1) is 11.3 Å². The maximum absolute atomic E-state index is 9.06. The number of rotatable bonds is 3. The molecule has 4 N–H and O–H groups in total. The number of nitriles is 1. The van der Waals surface area contributed by atoms with Gasteiger partial charge >= 0.3 is 0 Å². The zero-order valence-electron chi connectivity index (χ0n) is 7.99. The predicted molar refractivity (Wildman–Crippen MR) is 55.7 cm³/mol. The van der Waals surface area contributed by atoms with Gasteiger partial charge < -0.3 is 16.2 Å². The molecule has 1 rings (SSSR count). The van der Waals surface area contributed by atoms with Crippen molar-refractivity contribution >= 4 is 11.4 Å². The van der Waals surface area contributed by atoms with Crippen molar-refractivity contribution in [1.82, 2.24) is 0 Å². The molecule has 1 unspecified atom stereocenters. The van der Waals surface area contributed by atoms with Gasteiger partial charge in [0.05, 0.1) is 29.1 Å². The maximum atomic E-state index is 9.06. The summed E-state index contributed by atoms with van der Waals surface area (Å²) in [5, 5.41) is 20.7. The van der Waals surface area contributed by atoms with Gasteiger partial charge in [0.2, 0.25) is 0 Å². The molecule has 1 atom stereocenters. The van der Waals surface area contributed by atoms with Crippen molar-refractivity contribution in [2.75, 3.05) is 17.6 Å². The van der Waals surface area contributed by atoms with Crippen molar-refractivity contribution < 1.29 is 5.11 Å². The van der Waals surface area contributed by atoms with Crippen LogP contribution in [0.25, 0.3) is 0 Å². The van der Waals surface area contributed by atoms with Crippen LogP contribution in [0.4, 0.5) is 11.4 Å². The second-order valence-electron chi connectivity index (χ2n) is 3.14. The molecule has 0 saturated heterocycles. The van der Waals surface area contributed by atoms with Crippen LogP contribution in [-0.4, -0.2) is 17.8 Å². The Hall–Kier alpha value is -1.73. The third-order valence-corrected chi connectivity index (χ3v) is 1.77. The number of hydrogen-bond acceptors (Lipinski definition) is 4. The number of nitrogen functional groups attached to an aromatic ring is 1. The van der Waals surface area contributed by atoms with E-state index >= 15 is 0 Å². The zero-order chi connectivity index (χ0) is 10.6. The Labute approximate surface area is 83.0 Å². The van der Waals surface area contributed by atoms with Crippen molar-refractivity contribution in [2.45, 2.75) is 13.0 Å². The SMILES string of the molecule is CC(O)CNc1cc(C#N)ccc1N. The topological polar surface area (TPSA) is 82.1 Å². The first-order chi connectivity index (χ1) is 6.63. The Morgan fingerprint density at radius 2 is 2.36 bits per heavy atom. The maximum Gasteiger partial charge on any atom is 0.0992 e. The summed E-state index contributed by atoms with van der Waals surface area (Å²) in [6.45, 7) is 2.09. The van der Waals surface area contributed by atoms with E-state index in [-0.39, 0.29) is 0 Å². The number of hydrogen-bond donors (Lipinski definition) is 3. The Morgan fingerprint density at radius 3 is 2.93 bits per heavy atom. The fraction of sp³-hybridized carbons (Fsp3) is 0.300. The first-order valence-corrected chi connectivity index (χ1v) is 4.35. The number of nitrogens with two attached hydrogens (primary N) is 1. The lowest BCUT2D eigenvalue weighted by Gasteiger charge is -2.10. The molecule has 0 amide bonds. The summed E-state index contributed by atoms with van der Waals surface area (Å²) in [4.78, 5) is 0. The highest BCUT2D eigenvalue weighted by Gasteiger charge is 2.01. The van der Waals surface area contributed by atoms with Gasteiger partial charge in [-0.2, -0.15) is 5.26 Å². The molecule has 0 heterocycles. The molecule has 0 radical (unpaired) electrons. The lowest BCUT2D eigenvalue weighted by Crippen LogP contribution is -2.16. The quantitative estimate of drug-likeness (QED) is 0.621. The molecule has 0 saturated carbocycles. The van der Waals surface area contributed by atoms with E-state index in [9.17, 15) is 0 Å². The minimum absolute atomic E-state index is 0.416. The molecule has 0 fully saturated rings. The Bertz CT molecular complexity index is 355. The summed E-state index contributed by atoms with van der Waals surface area (Å²) in [5.74, 6) is 0. The van der Waals surface area contributed by atoms with E-state index in [1.807, 2.05) is 6.07 Å². The largest absolute Gasteiger partial charge is 0.397 e. The van der Waals surface area contributed by atoms with Crippen molar-refractivity contribution in [3.8, 4) is 6.07 Å². The van der Waals surface area contributed by atoms with E-state index < -0.39 is 6.10 Å². The normalized spacial score (nSPS) is 11.8. The number of nitrogens with one attached hydrogen (secondary N) is 1. The van der Waals surface area contributed by atoms with Crippen LogP contribution in [0.15, 0.2) is 18.2 Å². The number of nitrogens with zero attached hydrogens (tertiary/aromatic N) is 1. The van der Waals surface area contributed by atoms with Gasteiger partial charge in [-0.05, 0) is 25.1 Å². The lowest BCUT2D eigenvalue weighted by atomic mass is 10.2. The summed E-state index contributed by atoms with van der Waals surface area (Å²) in [6.07, 6.45) is -0.444. The Kier molecular flexibility index (Phi) is 3.32. The summed E-state index contributed by atoms with van der Waals surface area (Å²) in [6, 6.07) is 7.01. The van der Waals surface area contributed by atoms with E-state index in [4.69, 9.17) is 16.1 Å². The summed E-state index contributed by atoms with van der Waals surface area (Å²) < 4.78 is 0. The molecule has 14 heavy (non-hydrogen) atoms. The van der Waals surface area contributed by atoms with E-state index in [1.165, 1.54) is 0 Å². The van der Waals surface area contributed by atoms with Crippen LogP contribution in [0.5, 0.6) is 0 Å². The third kappa shape index (κ3) is 2.64. The van der Waals surface area contributed by atoms with Gasteiger partial charge in [-0.15, -0.1) is 0 Å². The number of benzene rings is 1. The molecule has 1 aromatic carbocycles. The summed E-state index contributed by atoms with van der Waals surface area (Å²) in [5.41, 5.74) is 7.48. The average molecular weight is 191 g/mol. The highest BCUT2D eigenvalue weighted by molar-refractivity contribution is 5.68. The Morgan fingerprint density at radius 1 is 1.64 bits per heavy atom. The third-order valence-electron chi connectivity index (χ3n) is 1.77. The molecule has 0 aliphatic carbocycles. The fourth-order valence-corrected chi connectivity index (χ4v) is 1.04. The van der Waals surface area contributed by atoms with E-state index in [1.54, 1.807) is 25.1 Å². The van der Waals surface area contributed by atoms with Crippen LogP contribution < -0.4 is 11.1 Å². The van der Waals surface area contributed by atoms with Crippen LogP contribution >= 0.6 is 0 Å². The van der Waals surface area contributed by atoms with Crippen LogP contribution in [0.2, 0.25) is 0 Å². The van der Waals surface area contributed by atoms with Gasteiger partial charge in [-0.3, -0.25) is 0 Å². The molecule has 4 heteroatoms. The molecule has 0 aliphatic rings. The van der Waals surface area contributed by atoms with Crippen LogP contribution in [0.1, 0.15) is 12.5 Å². The molecular formula is C10H13N3O. The second-order valence-corrected chi connectivity index (χ2v) is 3.14. The van der Waals surface area contributed by atoms with Crippen LogP contribution in [0.3, 0.4) is 0 Å². The second kappa shape index (κ2) is 4.49. The van der Waals surface area contributed by atoms with Crippen molar-refractivity contribution in [3.63, 3.8) is 0 Å². The number of anilines is 2. The van der Waals surface area contributed by atoms with E-state index in [0.717, 1.165) is 0 Å². The monoisotopic (exact) mass is 191 g/mol. The van der Waals surface area contributed by atoms with Gasteiger partial charge in [0, 0.05) is 6.54 Å². The molecule has 0 bridgehead atoms. The smallest absolute Gasteiger partial charge is 0.0992 e. The fourth-order valence-electron chi connectivity index (χ4n) is 1.04. The predicted octanol–water partition coefficient (Wildman–Crippen LogP) is 0.933. The van der Waals surface area contributed by atoms with E-state index in [2.05, 4.69) is 5.32 Å². The van der Waals surface area contributed by atoms with Crippen molar-refractivity contribution in [3.05, 3.63) is 23.8 Å². The average Bonchev–Trinajstić information content (AvgIpc) is 2.16. The zero-order valence-corrected chi connectivity index (χ0v) is 7.99. The minimum atomic E-state index is -0.444. The highest BCUT2D eigenvalue weighted by Crippen LogP contribution is 2.19. The molecule has 4 nitrogen and oxygen atoms in total. The summed E-state index contributed by atoms with van der Waals surface area (Å²) >= 11 is 0. The standard InChI is InChI=1S/C10H13N3O/c1-7(14)6-13-10-4-8(5-11)2-3-9(10)12/h2-4,7,13-14H,6,12H2,1H3. The van der Waals surface area contributed by atoms with Gasteiger partial charge in [0.1, 0.15) is 0 Å². The molecule has 1 aromatic rings. The number of aliphatic hydroxyl groups is 1. The van der Waals surface area contributed by atoms with E-state index in [0.29, 0.717) is 23.5 Å². The van der Waals surface area contributed by atoms with Gasteiger partial charge in [-0.25, -0.2) is 0 Å². The molecule has 74 valence electrons. The molecular weight excluding hydrogens is 178 g/mol. The number of aliphatic hydroxyl groups excluding tert-OH is 1. The molecule has 0 spiro atoms. The molecule has 0 aliphatic heterocycles.